The highest BCUT2D eigenvalue weighted by Gasteiger charge is 2.28. The lowest BCUT2D eigenvalue weighted by molar-refractivity contribution is 0.305. The summed E-state index contributed by atoms with van der Waals surface area (Å²) in [6.45, 7) is 1.97. The summed E-state index contributed by atoms with van der Waals surface area (Å²) in [4.78, 5) is 4.68. The summed E-state index contributed by atoms with van der Waals surface area (Å²) >= 11 is 1.55. The van der Waals surface area contributed by atoms with E-state index in [1.807, 2.05) is 29.0 Å². The number of nitrogens with one attached hydrogen (secondary N) is 1. The quantitative estimate of drug-likeness (QED) is 0.664. The number of hydrogen-bond acceptors (Lipinski definition) is 6. The molecule has 1 N–H and O–H groups in total. The summed E-state index contributed by atoms with van der Waals surface area (Å²) in [5, 5.41) is 10.6. The highest BCUT2D eigenvalue weighted by molar-refractivity contribution is 7.89. The van der Waals surface area contributed by atoms with Gasteiger partial charge in [0.25, 0.3) is 0 Å². The van der Waals surface area contributed by atoms with Gasteiger partial charge >= 0.3 is 0 Å². The second-order valence-corrected chi connectivity index (χ2v) is 9.64. The van der Waals surface area contributed by atoms with Crippen LogP contribution in [0, 0.1) is 0 Å². The first-order valence-electron chi connectivity index (χ1n) is 9.46. The second kappa shape index (κ2) is 8.10. The van der Waals surface area contributed by atoms with Gasteiger partial charge in [-0.05, 0) is 49.8 Å². The van der Waals surface area contributed by atoms with Crippen LogP contribution in [0.2, 0.25) is 0 Å². The van der Waals surface area contributed by atoms with Crippen LogP contribution >= 0.6 is 11.3 Å². The molecule has 2 heterocycles. The minimum atomic E-state index is -3.59. The Balaban J connectivity index is 1.54. The van der Waals surface area contributed by atoms with Crippen LogP contribution in [0.1, 0.15) is 44.2 Å². The van der Waals surface area contributed by atoms with Gasteiger partial charge in [-0.3, -0.25) is 0 Å². The maximum Gasteiger partial charge on any atom is 0.241 e. The van der Waals surface area contributed by atoms with Gasteiger partial charge in [0.15, 0.2) is 0 Å². The Morgan fingerprint density at radius 2 is 2.07 bits per heavy atom. The Morgan fingerprint density at radius 3 is 2.79 bits per heavy atom. The van der Waals surface area contributed by atoms with Crippen molar-refractivity contribution in [2.24, 2.45) is 0 Å². The number of nitrogens with zero attached hydrogens (tertiary/aromatic N) is 4. The molecule has 0 amide bonds. The van der Waals surface area contributed by atoms with Crippen molar-refractivity contribution in [1.29, 1.82) is 0 Å². The molecular formula is C19H23N5O2S2. The van der Waals surface area contributed by atoms with Crippen LogP contribution in [0.3, 0.4) is 0 Å². The maximum absolute atomic E-state index is 13.1. The first-order valence-corrected chi connectivity index (χ1v) is 11.8. The smallest absolute Gasteiger partial charge is 0.241 e. The fraction of sp³-hybridized carbons (Fsp3) is 0.421. The van der Waals surface area contributed by atoms with Crippen molar-refractivity contribution < 1.29 is 8.42 Å². The van der Waals surface area contributed by atoms with Gasteiger partial charge in [0.05, 0.1) is 4.90 Å². The normalized spacial score (nSPS) is 20.3. The molecule has 0 spiro atoms. The van der Waals surface area contributed by atoms with Gasteiger partial charge in [0.1, 0.15) is 17.7 Å². The van der Waals surface area contributed by atoms with Crippen molar-refractivity contribution in [3.05, 3.63) is 48.0 Å². The standard InChI is InChI=1S/C19H23N5O2S2/c1-2-14-10-15(19-20-8-9-27-19)6-7-18(14)28(25,26)23-16-4-3-5-17(11-16)24-12-21-22-13-24/h6-10,12-13,16-17,23H,2-5,11H2,1H3/t16-,17+/m0/s1. The number of aryl methyl sites for hydroxylation is 1. The summed E-state index contributed by atoms with van der Waals surface area (Å²) in [6.07, 6.45) is 9.38. The third-order valence-electron chi connectivity index (χ3n) is 5.24. The molecule has 0 aliphatic heterocycles. The summed E-state index contributed by atoms with van der Waals surface area (Å²) in [6, 6.07) is 5.63. The van der Waals surface area contributed by atoms with E-state index in [2.05, 4.69) is 19.9 Å². The average Bonchev–Trinajstić information content (AvgIpc) is 3.41. The Labute approximate surface area is 168 Å². The molecule has 148 valence electrons. The molecule has 4 rings (SSSR count). The number of hydrogen-bond donors (Lipinski definition) is 1. The predicted molar refractivity (Wildman–Crippen MR) is 109 cm³/mol. The second-order valence-electron chi connectivity index (χ2n) is 7.06. The van der Waals surface area contributed by atoms with E-state index in [9.17, 15) is 8.42 Å². The molecule has 3 aromatic rings. The van der Waals surface area contributed by atoms with E-state index < -0.39 is 10.0 Å². The van der Waals surface area contributed by atoms with Crippen LogP contribution in [0.5, 0.6) is 0 Å². The predicted octanol–water partition coefficient (Wildman–Crippen LogP) is 3.43. The third kappa shape index (κ3) is 4.01. The van der Waals surface area contributed by atoms with Gasteiger partial charge in [-0.15, -0.1) is 21.5 Å². The molecular weight excluding hydrogens is 394 g/mol. The SMILES string of the molecule is CCc1cc(-c2nccs2)ccc1S(=O)(=O)N[C@H]1CCC[C@@H](n2cnnc2)C1. The van der Waals surface area contributed by atoms with Crippen molar-refractivity contribution in [2.75, 3.05) is 0 Å². The van der Waals surface area contributed by atoms with Gasteiger partial charge in [-0.25, -0.2) is 18.1 Å². The zero-order valence-corrected chi connectivity index (χ0v) is 17.3. The fourth-order valence-electron chi connectivity index (χ4n) is 3.84. The molecule has 0 unspecified atom stereocenters. The van der Waals surface area contributed by atoms with Crippen molar-refractivity contribution >= 4 is 21.4 Å². The topological polar surface area (TPSA) is 89.8 Å². The number of aromatic nitrogens is 4. The van der Waals surface area contributed by atoms with Crippen LogP contribution in [0.4, 0.5) is 0 Å². The van der Waals surface area contributed by atoms with Gasteiger partial charge < -0.3 is 4.57 Å². The highest BCUT2D eigenvalue weighted by Crippen LogP contribution is 2.30. The molecule has 0 saturated heterocycles. The van der Waals surface area contributed by atoms with E-state index in [1.165, 1.54) is 0 Å². The molecule has 1 aliphatic carbocycles. The molecule has 1 aromatic carbocycles. The van der Waals surface area contributed by atoms with Crippen LogP contribution in [-0.2, 0) is 16.4 Å². The lowest BCUT2D eigenvalue weighted by atomic mass is 9.91. The average molecular weight is 418 g/mol. The summed E-state index contributed by atoms with van der Waals surface area (Å²) in [5.41, 5.74) is 1.77. The van der Waals surface area contributed by atoms with Gasteiger partial charge in [0.2, 0.25) is 10.0 Å². The Morgan fingerprint density at radius 1 is 1.25 bits per heavy atom. The fourth-order valence-corrected chi connectivity index (χ4v) is 6.05. The molecule has 1 saturated carbocycles. The molecule has 1 fully saturated rings. The Hall–Kier alpha value is -2.10. The zero-order chi connectivity index (χ0) is 19.6. The monoisotopic (exact) mass is 417 g/mol. The minimum Gasteiger partial charge on any atom is -0.317 e. The molecule has 1 aliphatic rings. The van der Waals surface area contributed by atoms with Crippen LogP contribution in [0.25, 0.3) is 10.6 Å². The summed E-state index contributed by atoms with van der Waals surface area (Å²) in [7, 11) is -3.59. The van der Waals surface area contributed by atoms with E-state index in [4.69, 9.17) is 0 Å². The first-order chi connectivity index (χ1) is 13.6. The number of rotatable bonds is 6. The van der Waals surface area contributed by atoms with Gasteiger partial charge in [-0.2, -0.15) is 0 Å². The van der Waals surface area contributed by atoms with E-state index >= 15 is 0 Å². The van der Waals surface area contributed by atoms with Crippen molar-refractivity contribution in [3.8, 4) is 10.6 Å². The molecule has 0 radical (unpaired) electrons. The molecule has 2 aromatic heterocycles. The molecule has 28 heavy (non-hydrogen) atoms. The van der Waals surface area contributed by atoms with Crippen LogP contribution < -0.4 is 4.72 Å². The van der Waals surface area contributed by atoms with Gasteiger partial charge in [0, 0.05) is 29.2 Å². The molecule has 0 bridgehead atoms. The number of benzene rings is 1. The maximum atomic E-state index is 13.1. The zero-order valence-electron chi connectivity index (χ0n) is 15.7. The largest absolute Gasteiger partial charge is 0.317 e. The van der Waals surface area contributed by atoms with Crippen molar-refractivity contribution in [1.82, 2.24) is 24.5 Å². The summed E-state index contributed by atoms with van der Waals surface area (Å²) in [5.74, 6) is 0. The number of thiazole rings is 1. The summed E-state index contributed by atoms with van der Waals surface area (Å²) < 4.78 is 31.1. The van der Waals surface area contributed by atoms with E-state index in [0.29, 0.717) is 11.3 Å². The van der Waals surface area contributed by atoms with Crippen LogP contribution in [0.15, 0.2) is 47.3 Å². The molecule has 9 heteroatoms. The molecule has 2 atom stereocenters. The van der Waals surface area contributed by atoms with Crippen molar-refractivity contribution in [3.63, 3.8) is 0 Å². The van der Waals surface area contributed by atoms with Crippen molar-refractivity contribution in [2.45, 2.75) is 56.0 Å². The highest BCUT2D eigenvalue weighted by atomic mass is 32.2. The lowest BCUT2D eigenvalue weighted by Crippen LogP contribution is -2.39. The minimum absolute atomic E-state index is 0.0884. The number of sulfonamides is 1. The van der Waals surface area contributed by atoms with Gasteiger partial charge in [-0.1, -0.05) is 13.0 Å². The van der Waals surface area contributed by atoms with E-state index in [0.717, 1.165) is 41.8 Å². The molecule has 7 nitrogen and oxygen atoms in total. The Bertz CT molecular complexity index is 1020. The van der Waals surface area contributed by atoms with Crippen LogP contribution in [-0.4, -0.2) is 34.2 Å². The third-order valence-corrected chi connectivity index (χ3v) is 7.68. The first kappa shape index (κ1) is 19.2. The lowest BCUT2D eigenvalue weighted by Gasteiger charge is -2.30. The van der Waals surface area contributed by atoms with E-state index in [-0.39, 0.29) is 12.1 Å². The Kier molecular flexibility index (Phi) is 5.56. The van der Waals surface area contributed by atoms with E-state index in [1.54, 1.807) is 36.3 Å².